The minimum absolute atomic E-state index is 0.123. The zero-order chi connectivity index (χ0) is 18.9. The van der Waals surface area contributed by atoms with Crippen LogP contribution in [0.2, 0.25) is 0 Å². The zero-order valence-corrected chi connectivity index (χ0v) is 15.4. The predicted octanol–water partition coefficient (Wildman–Crippen LogP) is 2.56. The molecule has 0 amide bonds. The SMILES string of the molecule is O=C(Oc1ccc2c(c1)OCO2)C1CCCCN1S(=O)(=O)c1ccccc1. The van der Waals surface area contributed by atoms with Crippen LogP contribution < -0.4 is 14.2 Å². The van der Waals surface area contributed by atoms with Crippen molar-refractivity contribution in [3.8, 4) is 17.2 Å². The number of carbonyl (C=O) groups is 1. The fraction of sp³-hybridized carbons (Fsp3) is 0.316. The Labute approximate surface area is 157 Å². The van der Waals surface area contributed by atoms with Crippen LogP contribution in [0.3, 0.4) is 0 Å². The van der Waals surface area contributed by atoms with E-state index in [1.807, 2.05) is 0 Å². The summed E-state index contributed by atoms with van der Waals surface area (Å²) >= 11 is 0. The molecule has 4 rings (SSSR count). The lowest BCUT2D eigenvalue weighted by atomic mass is 10.1. The van der Waals surface area contributed by atoms with Gasteiger partial charge in [-0.15, -0.1) is 0 Å². The number of carbonyl (C=O) groups excluding carboxylic acids is 1. The second-order valence-electron chi connectivity index (χ2n) is 6.38. The van der Waals surface area contributed by atoms with Gasteiger partial charge in [0.25, 0.3) is 0 Å². The highest BCUT2D eigenvalue weighted by Gasteiger charge is 2.38. The minimum atomic E-state index is -3.77. The van der Waals surface area contributed by atoms with Gasteiger partial charge in [0.15, 0.2) is 11.5 Å². The van der Waals surface area contributed by atoms with Gasteiger partial charge < -0.3 is 14.2 Å². The van der Waals surface area contributed by atoms with E-state index >= 15 is 0 Å². The van der Waals surface area contributed by atoms with Crippen molar-refractivity contribution in [2.24, 2.45) is 0 Å². The number of esters is 1. The first-order valence-corrected chi connectivity index (χ1v) is 10.2. The third-order valence-electron chi connectivity index (χ3n) is 4.64. The second-order valence-corrected chi connectivity index (χ2v) is 8.27. The van der Waals surface area contributed by atoms with Crippen LogP contribution in [-0.4, -0.2) is 38.1 Å². The van der Waals surface area contributed by atoms with Crippen molar-refractivity contribution < 1.29 is 27.4 Å². The highest BCUT2D eigenvalue weighted by Crippen LogP contribution is 2.35. The van der Waals surface area contributed by atoms with Crippen molar-refractivity contribution in [1.82, 2.24) is 4.31 Å². The largest absolute Gasteiger partial charge is 0.454 e. The predicted molar refractivity (Wildman–Crippen MR) is 96.2 cm³/mol. The van der Waals surface area contributed by atoms with Gasteiger partial charge in [0.05, 0.1) is 4.90 Å². The minimum Gasteiger partial charge on any atom is -0.454 e. The monoisotopic (exact) mass is 389 g/mol. The molecule has 1 fully saturated rings. The van der Waals surface area contributed by atoms with Crippen molar-refractivity contribution >= 4 is 16.0 Å². The molecule has 2 aromatic carbocycles. The van der Waals surface area contributed by atoms with E-state index in [0.29, 0.717) is 30.1 Å². The molecule has 8 heteroatoms. The highest BCUT2D eigenvalue weighted by molar-refractivity contribution is 7.89. The van der Waals surface area contributed by atoms with E-state index in [1.54, 1.807) is 36.4 Å². The third kappa shape index (κ3) is 3.50. The Hall–Kier alpha value is -2.58. The Morgan fingerprint density at radius 3 is 2.63 bits per heavy atom. The topological polar surface area (TPSA) is 82.1 Å². The number of benzene rings is 2. The van der Waals surface area contributed by atoms with Crippen LogP contribution in [0.1, 0.15) is 19.3 Å². The van der Waals surface area contributed by atoms with Crippen LogP contribution in [0.25, 0.3) is 0 Å². The number of piperidine rings is 1. The molecule has 0 aliphatic carbocycles. The number of sulfonamides is 1. The quantitative estimate of drug-likeness (QED) is 0.590. The summed E-state index contributed by atoms with van der Waals surface area (Å²) in [5.41, 5.74) is 0. The molecule has 0 bridgehead atoms. The molecule has 0 N–H and O–H groups in total. The van der Waals surface area contributed by atoms with Crippen LogP contribution in [0.5, 0.6) is 17.2 Å². The van der Waals surface area contributed by atoms with Gasteiger partial charge in [-0.3, -0.25) is 0 Å². The van der Waals surface area contributed by atoms with Gasteiger partial charge in [0, 0.05) is 12.6 Å². The molecule has 2 aliphatic rings. The molecular formula is C19H19NO6S. The van der Waals surface area contributed by atoms with Crippen molar-refractivity contribution in [2.75, 3.05) is 13.3 Å². The highest BCUT2D eigenvalue weighted by atomic mass is 32.2. The molecular weight excluding hydrogens is 370 g/mol. The Morgan fingerprint density at radius 1 is 1.04 bits per heavy atom. The van der Waals surface area contributed by atoms with Crippen molar-refractivity contribution in [3.63, 3.8) is 0 Å². The second kappa shape index (κ2) is 7.21. The van der Waals surface area contributed by atoms with E-state index in [-0.39, 0.29) is 18.2 Å². The first kappa shape index (κ1) is 17.8. The first-order chi connectivity index (χ1) is 13.1. The lowest BCUT2D eigenvalue weighted by molar-refractivity contribution is -0.139. The number of ether oxygens (including phenoxy) is 3. The Bertz CT molecular complexity index is 944. The van der Waals surface area contributed by atoms with Crippen molar-refractivity contribution in [2.45, 2.75) is 30.2 Å². The molecule has 2 aromatic rings. The van der Waals surface area contributed by atoms with Crippen molar-refractivity contribution in [3.05, 3.63) is 48.5 Å². The van der Waals surface area contributed by atoms with Crippen LogP contribution in [0.4, 0.5) is 0 Å². The zero-order valence-electron chi connectivity index (χ0n) is 14.5. The lowest BCUT2D eigenvalue weighted by Crippen LogP contribution is -2.49. The van der Waals surface area contributed by atoms with E-state index in [9.17, 15) is 13.2 Å². The van der Waals surface area contributed by atoms with Crippen LogP contribution >= 0.6 is 0 Å². The van der Waals surface area contributed by atoms with E-state index in [0.717, 1.165) is 6.42 Å². The Balaban J connectivity index is 1.56. The summed E-state index contributed by atoms with van der Waals surface area (Å²) in [6, 6.07) is 12.1. The van der Waals surface area contributed by atoms with E-state index in [4.69, 9.17) is 14.2 Å². The van der Waals surface area contributed by atoms with Gasteiger partial charge in [-0.05, 0) is 43.5 Å². The number of fused-ring (bicyclic) bond motifs is 1. The molecule has 0 radical (unpaired) electrons. The molecule has 142 valence electrons. The summed E-state index contributed by atoms with van der Waals surface area (Å²) in [7, 11) is -3.77. The van der Waals surface area contributed by atoms with Crippen LogP contribution in [0.15, 0.2) is 53.4 Å². The van der Waals surface area contributed by atoms with Gasteiger partial charge in [0.1, 0.15) is 11.8 Å². The maximum atomic E-state index is 13.0. The summed E-state index contributed by atoms with van der Waals surface area (Å²) in [4.78, 5) is 12.9. The summed E-state index contributed by atoms with van der Waals surface area (Å²) < 4.78 is 43.2. The molecule has 0 spiro atoms. The number of hydrogen-bond acceptors (Lipinski definition) is 6. The van der Waals surface area contributed by atoms with Gasteiger partial charge in [0.2, 0.25) is 16.8 Å². The Morgan fingerprint density at radius 2 is 1.81 bits per heavy atom. The van der Waals surface area contributed by atoms with Gasteiger partial charge >= 0.3 is 5.97 Å². The van der Waals surface area contributed by atoms with Gasteiger partial charge in [-0.1, -0.05) is 18.2 Å². The van der Waals surface area contributed by atoms with Gasteiger partial charge in [-0.25, -0.2) is 13.2 Å². The molecule has 2 aliphatic heterocycles. The molecule has 27 heavy (non-hydrogen) atoms. The summed E-state index contributed by atoms with van der Waals surface area (Å²) in [5, 5.41) is 0. The van der Waals surface area contributed by atoms with Crippen LogP contribution in [0, 0.1) is 0 Å². The van der Waals surface area contributed by atoms with Gasteiger partial charge in [-0.2, -0.15) is 4.31 Å². The summed E-state index contributed by atoms with van der Waals surface area (Å²) in [5.74, 6) is 0.790. The van der Waals surface area contributed by atoms with E-state index in [2.05, 4.69) is 0 Å². The van der Waals surface area contributed by atoms with Crippen LogP contribution in [-0.2, 0) is 14.8 Å². The molecule has 1 unspecified atom stereocenters. The first-order valence-electron chi connectivity index (χ1n) is 8.74. The fourth-order valence-electron chi connectivity index (χ4n) is 3.28. The molecule has 1 atom stereocenters. The molecule has 2 heterocycles. The molecule has 0 saturated carbocycles. The summed E-state index contributed by atoms with van der Waals surface area (Å²) in [6.45, 7) is 0.413. The smallest absolute Gasteiger partial charge is 0.329 e. The normalized spacial score (nSPS) is 19.6. The number of nitrogens with zero attached hydrogens (tertiary/aromatic N) is 1. The molecule has 1 saturated heterocycles. The average Bonchev–Trinajstić information content (AvgIpc) is 3.16. The fourth-order valence-corrected chi connectivity index (χ4v) is 4.95. The van der Waals surface area contributed by atoms with E-state index in [1.165, 1.54) is 16.4 Å². The number of rotatable bonds is 4. The standard InChI is InChI=1S/C19H19NO6S/c21-19(26-14-9-10-17-18(12-14)25-13-24-17)16-8-4-5-11-20(16)27(22,23)15-6-2-1-3-7-15/h1-3,6-7,9-10,12,16H,4-5,8,11,13H2. The van der Waals surface area contributed by atoms with Crippen molar-refractivity contribution in [1.29, 1.82) is 0 Å². The lowest BCUT2D eigenvalue weighted by Gasteiger charge is -2.32. The third-order valence-corrected chi connectivity index (χ3v) is 6.56. The maximum absolute atomic E-state index is 13.0. The molecule has 7 nitrogen and oxygen atoms in total. The molecule has 0 aromatic heterocycles. The maximum Gasteiger partial charge on any atom is 0.329 e. The van der Waals surface area contributed by atoms with E-state index < -0.39 is 22.0 Å². The Kier molecular flexibility index (Phi) is 4.75. The summed E-state index contributed by atoms with van der Waals surface area (Å²) in [6.07, 6.45) is 1.90. The number of hydrogen-bond donors (Lipinski definition) is 0. The average molecular weight is 389 g/mol.